The Morgan fingerprint density at radius 3 is 2.54 bits per heavy atom. The van der Waals surface area contributed by atoms with Crippen molar-refractivity contribution in [3.8, 4) is 0 Å². The Bertz CT molecular complexity index is 1270. The number of hydrogen-bond donors (Lipinski definition) is 1. The second-order valence-electron chi connectivity index (χ2n) is 9.84. The fourth-order valence-electron chi connectivity index (χ4n) is 4.32. The van der Waals surface area contributed by atoms with Crippen LogP contribution in [-0.2, 0) is 19.0 Å². The highest BCUT2D eigenvalue weighted by Crippen LogP contribution is 2.45. The maximum absolute atomic E-state index is 13.6. The first-order chi connectivity index (χ1) is 16.4. The van der Waals surface area contributed by atoms with Crippen LogP contribution in [0.5, 0.6) is 0 Å². The molecule has 1 N–H and O–H groups in total. The molecule has 0 saturated carbocycles. The van der Waals surface area contributed by atoms with Crippen LogP contribution in [0.4, 0.5) is 28.3 Å². The summed E-state index contributed by atoms with van der Waals surface area (Å²) in [5.74, 6) is -0.453. The van der Waals surface area contributed by atoms with Crippen LogP contribution in [0.2, 0.25) is 0 Å². The van der Waals surface area contributed by atoms with E-state index in [1.807, 2.05) is 0 Å². The molecule has 0 fully saturated rings. The molecule has 0 saturated heterocycles. The zero-order valence-electron chi connectivity index (χ0n) is 19.7. The number of hydrogen-bond acceptors (Lipinski definition) is 3. The molecule has 8 heteroatoms. The molecule has 1 atom stereocenters. The third-order valence-electron chi connectivity index (χ3n) is 6.33. The van der Waals surface area contributed by atoms with E-state index in [9.17, 15) is 22.4 Å². The number of alkyl halides is 3. The Morgan fingerprint density at radius 1 is 1.11 bits per heavy atom. The van der Waals surface area contributed by atoms with Crippen molar-refractivity contribution in [2.24, 2.45) is 16.3 Å². The molecule has 35 heavy (non-hydrogen) atoms. The molecule has 4 rings (SSSR count). The number of fused-ring (bicyclic) bond motifs is 1. The fraction of sp³-hybridized carbons (Fsp3) is 0.333. The Kier molecular flexibility index (Phi) is 6.86. The molecule has 0 spiro atoms. The monoisotopic (exact) mass is 502 g/mol. The molecule has 0 aliphatic heterocycles. The Labute approximate surface area is 205 Å². The van der Waals surface area contributed by atoms with Crippen molar-refractivity contribution >= 4 is 34.1 Å². The van der Waals surface area contributed by atoms with E-state index in [-0.39, 0.29) is 11.1 Å². The first-order valence-corrected chi connectivity index (χ1v) is 12.2. The van der Waals surface area contributed by atoms with Gasteiger partial charge >= 0.3 is 6.18 Å². The number of thiophene rings is 1. The third kappa shape index (κ3) is 5.81. The van der Waals surface area contributed by atoms with Crippen molar-refractivity contribution < 1.29 is 22.4 Å². The van der Waals surface area contributed by atoms with E-state index in [1.54, 1.807) is 12.1 Å². The van der Waals surface area contributed by atoms with E-state index >= 15 is 0 Å². The molecule has 184 valence electrons. The van der Waals surface area contributed by atoms with Gasteiger partial charge < -0.3 is 5.32 Å². The number of rotatable bonds is 4. The van der Waals surface area contributed by atoms with E-state index in [2.05, 4.69) is 31.1 Å². The predicted molar refractivity (Wildman–Crippen MR) is 132 cm³/mol. The summed E-state index contributed by atoms with van der Waals surface area (Å²) in [5.41, 5.74) is 1.16. The molecule has 3 aromatic rings. The van der Waals surface area contributed by atoms with Crippen molar-refractivity contribution in [3.63, 3.8) is 0 Å². The fourth-order valence-corrected chi connectivity index (χ4v) is 5.59. The van der Waals surface area contributed by atoms with Gasteiger partial charge in [-0.3, -0.25) is 4.79 Å². The summed E-state index contributed by atoms with van der Waals surface area (Å²) >= 11 is 1.42. The zero-order valence-corrected chi connectivity index (χ0v) is 20.5. The number of amides is 1. The first kappa shape index (κ1) is 25.1. The number of nitrogens with zero attached hydrogens (tertiary/aromatic N) is 1. The topological polar surface area (TPSA) is 41.5 Å². The van der Waals surface area contributed by atoms with Crippen LogP contribution < -0.4 is 5.32 Å². The number of carbonyl (C=O) groups excluding carboxylic acids is 1. The first-order valence-electron chi connectivity index (χ1n) is 11.3. The van der Waals surface area contributed by atoms with Crippen LogP contribution >= 0.6 is 11.3 Å². The maximum atomic E-state index is 13.6. The minimum atomic E-state index is -4.51. The van der Waals surface area contributed by atoms with Crippen LogP contribution in [0, 0.1) is 17.2 Å². The van der Waals surface area contributed by atoms with E-state index in [0.717, 1.165) is 35.4 Å². The van der Waals surface area contributed by atoms with Crippen molar-refractivity contribution in [1.29, 1.82) is 0 Å². The maximum Gasteiger partial charge on any atom is 0.416 e. The smallest absolute Gasteiger partial charge is 0.322 e. The van der Waals surface area contributed by atoms with Crippen LogP contribution in [0.15, 0.2) is 53.5 Å². The molecule has 0 radical (unpaired) electrons. The quantitative estimate of drug-likeness (QED) is 0.285. The Hall–Kier alpha value is -3.00. The molecule has 1 heterocycles. The molecular formula is C27H26F4N2OS. The summed E-state index contributed by atoms with van der Waals surface area (Å²) in [7, 11) is 0. The number of nitrogens with one attached hydrogen (secondary N) is 1. The molecule has 2 aromatic carbocycles. The number of aliphatic imine (C=N–C) groups is 1. The van der Waals surface area contributed by atoms with Gasteiger partial charge in [0.15, 0.2) is 0 Å². The van der Waals surface area contributed by atoms with Gasteiger partial charge in [-0.25, -0.2) is 9.38 Å². The molecule has 1 aliphatic rings. The molecule has 0 bridgehead atoms. The van der Waals surface area contributed by atoms with Gasteiger partial charge in [0, 0.05) is 16.8 Å². The number of halogens is 4. The van der Waals surface area contributed by atoms with Crippen LogP contribution in [0.25, 0.3) is 0 Å². The summed E-state index contributed by atoms with van der Waals surface area (Å²) in [6, 6.07) is 10.5. The van der Waals surface area contributed by atoms with E-state index in [0.29, 0.717) is 28.5 Å². The third-order valence-corrected chi connectivity index (χ3v) is 7.49. The van der Waals surface area contributed by atoms with Crippen molar-refractivity contribution in [2.45, 2.75) is 46.2 Å². The zero-order chi connectivity index (χ0) is 25.4. The van der Waals surface area contributed by atoms with Gasteiger partial charge in [0.25, 0.3) is 5.91 Å². The number of carbonyl (C=O) groups is 1. The average molecular weight is 503 g/mol. The molecule has 1 aromatic heterocycles. The largest absolute Gasteiger partial charge is 0.416 e. The summed E-state index contributed by atoms with van der Waals surface area (Å²) in [4.78, 5) is 18.9. The number of anilines is 1. The average Bonchev–Trinajstić information content (AvgIpc) is 3.14. The summed E-state index contributed by atoms with van der Waals surface area (Å²) in [5, 5.41) is 3.10. The van der Waals surface area contributed by atoms with Gasteiger partial charge in [-0.2, -0.15) is 13.2 Å². The van der Waals surface area contributed by atoms with E-state index in [1.165, 1.54) is 41.8 Å². The lowest BCUT2D eigenvalue weighted by Crippen LogP contribution is -2.27. The molecule has 1 amide bonds. The lowest BCUT2D eigenvalue weighted by Gasteiger charge is -2.33. The van der Waals surface area contributed by atoms with Crippen molar-refractivity contribution in [1.82, 2.24) is 0 Å². The standard InChI is InChI=1S/C27H26F4N2OS/c1-26(2,3)17-10-11-21-22(14-17)35-25(32-15-16-6-4-8-19(28)12-16)23(21)24(34)33-20-9-5-7-18(13-20)27(29,30)31/h4-9,12-13,15,17H,10-11,14H2,1-3H3,(H,33,34)/t17-/m1/s1. The highest BCUT2D eigenvalue weighted by atomic mass is 32.1. The van der Waals surface area contributed by atoms with Gasteiger partial charge in [0.1, 0.15) is 10.8 Å². The van der Waals surface area contributed by atoms with E-state index in [4.69, 9.17) is 0 Å². The van der Waals surface area contributed by atoms with Crippen LogP contribution in [-0.4, -0.2) is 12.1 Å². The van der Waals surface area contributed by atoms with Gasteiger partial charge in [-0.05, 0) is 72.1 Å². The molecule has 3 nitrogen and oxygen atoms in total. The molecule has 1 aliphatic carbocycles. The van der Waals surface area contributed by atoms with E-state index < -0.39 is 23.5 Å². The van der Waals surface area contributed by atoms with Gasteiger partial charge in [-0.1, -0.05) is 39.0 Å². The SMILES string of the molecule is CC(C)(C)[C@@H]1CCc2c(sc(N=Cc3cccc(F)c3)c2C(=O)Nc2cccc(C(F)(F)F)c2)C1. The molecular weight excluding hydrogens is 476 g/mol. The van der Waals surface area contributed by atoms with Crippen LogP contribution in [0.3, 0.4) is 0 Å². The second kappa shape index (κ2) is 9.57. The van der Waals surface area contributed by atoms with Crippen LogP contribution in [0.1, 0.15) is 59.1 Å². The second-order valence-corrected chi connectivity index (χ2v) is 10.9. The van der Waals surface area contributed by atoms with Crippen molar-refractivity contribution in [2.75, 3.05) is 5.32 Å². The minimum Gasteiger partial charge on any atom is -0.322 e. The van der Waals surface area contributed by atoms with Gasteiger partial charge in [-0.15, -0.1) is 11.3 Å². The molecule has 0 unspecified atom stereocenters. The summed E-state index contributed by atoms with van der Waals surface area (Å²) < 4.78 is 53.0. The Morgan fingerprint density at radius 2 is 1.86 bits per heavy atom. The summed E-state index contributed by atoms with van der Waals surface area (Å²) in [6.45, 7) is 6.58. The highest BCUT2D eigenvalue weighted by Gasteiger charge is 2.34. The highest BCUT2D eigenvalue weighted by molar-refractivity contribution is 7.16. The predicted octanol–water partition coefficient (Wildman–Crippen LogP) is 8.06. The lowest BCUT2D eigenvalue weighted by molar-refractivity contribution is -0.137. The van der Waals surface area contributed by atoms with Crippen molar-refractivity contribution in [3.05, 3.63) is 81.5 Å². The Balaban J connectivity index is 1.70. The minimum absolute atomic E-state index is 0.0632. The summed E-state index contributed by atoms with van der Waals surface area (Å²) in [6.07, 6.45) is -0.602. The van der Waals surface area contributed by atoms with Gasteiger partial charge in [0.05, 0.1) is 11.1 Å². The normalized spacial score (nSPS) is 16.4. The number of benzene rings is 2. The lowest BCUT2D eigenvalue weighted by atomic mass is 9.72. The van der Waals surface area contributed by atoms with Gasteiger partial charge in [0.2, 0.25) is 0 Å².